The van der Waals surface area contributed by atoms with Crippen molar-refractivity contribution in [1.82, 2.24) is 30.3 Å². The first-order valence-corrected chi connectivity index (χ1v) is 10.2. The molecule has 1 fully saturated rings. The Hall–Kier alpha value is -3.10. The first-order valence-electron chi connectivity index (χ1n) is 10.2. The Labute approximate surface area is 184 Å². The minimum Gasteiger partial charge on any atom is -0.480 e. The molecular formula is C18H30N7O7+. The number of nitrogens with one attached hydrogen (secondary N) is 2. The third-order valence-corrected chi connectivity index (χ3v) is 5.07. The van der Waals surface area contributed by atoms with Gasteiger partial charge in [-0.1, -0.05) is 5.21 Å². The van der Waals surface area contributed by atoms with E-state index in [2.05, 4.69) is 15.6 Å². The molecule has 1 amide bonds. The van der Waals surface area contributed by atoms with E-state index in [-0.39, 0.29) is 58.1 Å². The summed E-state index contributed by atoms with van der Waals surface area (Å²) in [4.78, 5) is 51.2. The lowest BCUT2D eigenvalue weighted by Crippen LogP contribution is -2.55. The summed E-state index contributed by atoms with van der Waals surface area (Å²) in [6.45, 7) is 0.961. The normalized spacial score (nSPS) is 17.3. The third-order valence-electron chi connectivity index (χ3n) is 5.07. The molecule has 178 valence electrons. The van der Waals surface area contributed by atoms with Gasteiger partial charge in [0.2, 0.25) is 11.6 Å². The summed E-state index contributed by atoms with van der Waals surface area (Å²) >= 11 is 0. The molecule has 32 heavy (non-hydrogen) atoms. The molecule has 1 aromatic rings. The van der Waals surface area contributed by atoms with Crippen LogP contribution in [0, 0.1) is 0 Å². The molecule has 1 aromatic heterocycles. The van der Waals surface area contributed by atoms with E-state index in [0.29, 0.717) is 18.8 Å². The molecule has 0 bridgehead atoms. The van der Waals surface area contributed by atoms with Crippen molar-refractivity contribution in [1.29, 1.82) is 0 Å². The Morgan fingerprint density at radius 1 is 1.09 bits per heavy atom. The molecule has 14 nitrogen and oxygen atoms in total. The highest BCUT2D eigenvalue weighted by molar-refractivity contribution is 5.78. The fourth-order valence-corrected chi connectivity index (χ4v) is 3.50. The maximum Gasteiger partial charge on any atom is 0.320 e. The second kappa shape index (κ2) is 12.1. The maximum absolute atomic E-state index is 12.2. The smallest absolute Gasteiger partial charge is 0.320 e. The molecule has 2 rings (SSSR count). The van der Waals surface area contributed by atoms with Crippen LogP contribution in [0.25, 0.3) is 0 Å². The van der Waals surface area contributed by atoms with Crippen molar-refractivity contribution in [2.75, 3.05) is 45.9 Å². The minimum atomic E-state index is -1.13. The Kier molecular flexibility index (Phi) is 9.49. The van der Waals surface area contributed by atoms with Gasteiger partial charge in [0.1, 0.15) is 13.1 Å². The van der Waals surface area contributed by atoms with Gasteiger partial charge in [0.25, 0.3) is 0 Å². The van der Waals surface area contributed by atoms with Crippen LogP contribution in [0.1, 0.15) is 18.5 Å². The summed E-state index contributed by atoms with van der Waals surface area (Å²) in [5.74, 6) is -3.53. The van der Waals surface area contributed by atoms with E-state index in [1.807, 2.05) is 0 Å². The molecule has 5 N–H and O–H groups in total. The van der Waals surface area contributed by atoms with Crippen LogP contribution in [-0.2, 0) is 32.8 Å². The topological polar surface area (TPSA) is 183 Å². The molecule has 0 saturated carbocycles. The number of amides is 1. The van der Waals surface area contributed by atoms with Gasteiger partial charge in [-0.15, -0.1) is 0 Å². The van der Waals surface area contributed by atoms with Crippen molar-refractivity contribution < 1.29 is 39.2 Å². The number of aromatic nitrogens is 3. The molecule has 0 aromatic carbocycles. The Bertz CT molecular complexity index is 815. The molecule has 1 aliphatic heterocycles. The molecule has 14 heteroatoms. The molecule has 0 spiro atoms. The van der Waals surface area contributed by atoms with Gasteiger partial charge in [0.05, 0.1) is 26.3 Å². The highest BCUT2D eigenvalue weighted by Gasteiger charge is 2.30. The molecule has 2 heterocycles. The van der Waals surface area contributed by atoms with Gasteiger partial charge in [-0.05, 0) is 6.42 Å². The van der Waals surface area contributed by atoms with Gasteiger partial charge in [-0.3, -0.25) is 33.9 Å². The lowest BCUT2D eigenvalue weighted by molar-refractivity contribution is -0.730. The monoisotopic (exact) mass is 456 g/mol. The van der Waals surface area contributed by atoms with E-state index in [4.69, 9.17) is 10.2 Å². The fraction of sp³-hybridized carbons (Fsp3) is 0.667. The molecule has 1 unspecified atom stereocenters. The SMILES string of the molecule is C[n+]1cc(CNC(=O)CCC(C(=O)O)N2CCN(CC(=O)O)CCN(CC(=O)O)C2)n[nH]1. The summed E-state index contributed by atoms with van der Waals surface area (Å²) < 4.78 is 1.63. The van der Waals surface area contributed by atoms with E-state index in [1.54, 1.807) is 32.6 Å². The van der Waals surface area contributed by atoms with Crippen LogP contribution in [0.3, 0.4) is 0 Å². The largest absolute Gasteiger partial charge is 0.480 e. The molecule has 1 saturated heterocycles. The summed E-state index contributed by atoms with van der Waals surface area (Å²) in [7, 11) is 1.75. The van der Waals surface area contributed by atoms with E-state index in [9.17, 15) is 24.3 Å². The van der Waals surface area contributed by atoms with Crippen LogP contribution < -0.4 is 10.00 Å². The number of H-pyrrole nitrogens is 1. The summed E-state index contributed by atoms with van der Waals surface area (Å²) in [5, 5.41) is 37.3. The number of aromatic amines is 1. The van der Waals surface area contributed by atoms with E-state index in [0.717, 1.165) is 0 Å². The first-order chi connectivity index (χ1) is 15.1. The molecule has 0 aliphatic carbocycles. The van der Waals surface area contributed by atoms with Gasteiger partial charge in [-0.25, -0.2) is 0 Å². The highest BCUT2D eigenvalue weighted by atomic mass is 16.4. The average Bonchev–Trinajstić information content (AvgIpc) is 3.10. The van der Waals surface area contributed by atoms with E-state index < -0.39 is 23.9 Å². The molecule has 0 radical (unpaired) electrons. The van der Waals surface area contributed by atoms with Crippen molar-refractivity contribution in [3.8, 4) is 0 Å². The Balaban J connectivity index is 1.99. The standard InChI is InChI=1S/C18H29N7O7/c1-22-9-13(20-21-22)8-19-15(26)3-2-14(18(31)32)25-7-6-23(10-16(27)28)4-5-24(12-25)11-17(29)30/h9,14H,2-8,10-12H2,1H3,(H4,19,26,27,28,29,30,31,32)/p+1. The van der Waals surface area contributed by atoms with Crippen molar-refractivity contribution >= 4 is 23.8 Å². The van der Waals surface area contributed by atoms with E-state index in [1.165, 1.54) is 0 Å². The van der Waals surface area contributed by atoms with Gasteiger partial charge in [0, 0.05) is 37.7 Å². The van der Waals surface area contributed by atoms with Gasteiger partial charge in [0.15, 0.2) is 6.20 Å². The summed E-state index contributed by atoms with van der Waals surface area (Å²) in [5.41, 5.74) is 0.627. The number of aliphatic carboxylic acids is 3. The summed E-state index contributed by atoms with van der Waals surface area (Å²) in [6, 6.07) is -1.02. The number of hydrogen-bond acceptors (Lipinski definition) is 8. The van der Waals surface area contributed by atoms with Crippen LogP contribution in [0.15, 0.2) is 6.20 Å². The lowest BCUT2D eigenvalue weighted by Gasteiger charge is -2.38. The Morgan fingerprint density at radius 2 is 1.72 bits per heavy atom. The van der Waals surface area contributed by atoms with Gasteiger partial charge in [-0.2, -0.15) is 4.68 Å². The van der Waals surface area contributed by atoms with Crippen molar-refractivity contribution in [2.45, 2.75) is 25.4 Å². The van der Waals surface area contributed by atoms with Gasteiger partial charge < -0.3 is 20.6 Å². The molecule has 1 atom stereocenters. The predicted octanol–water partition coefficient (Wildman–Crippen LogP) is -2.87. The average molecular weight is 456 g/mol. The second-order valence-electron chi connectivity index (χ2n) is 7.68. The van der Waals surface area contributed by atoms with E-state index >= 15 is 0 Å². The zero-order valence-corrected chi connectivity index (χ0v) is 17.9. The number of carbonyl (C=O) groups is 4. The maximum atomic E-state index is 12.2. The van der Waals surface area contributed by atoms with Crippen LogP contribution in [0.4, 0.5) is 0 Å². The number of rotatable bonds is 11. The van der Waals surface area contributed by atoms with Crippen LogP contribution in [-0.4, -0.2) is 116 Å². The van der Waals surface area contributed by atoms with Gasteiger partial charge >= 0.3 is 17.9 Å². The fourth-order valence-electron chi connectivity index (χ4n) is 3.50. The van der Waals surface area contributed by atoms with Crippen molar-refractivity contribution in [3.05, 3.63) is 11.9 Å². The van der Waals surface area contributed by atoms with Crippen LogP contribution in [0.2, 0.25) is 0 Å². The zero-order chi connectivity index (χ0) is 23.7. The summed E-state index contributed by atoms with van der Waals surface area (Å²) in [6.07, 6.45) is 1.69. The number of hydrogen-bond donors (Lipinski definition) is 5. The highest BCUT2D eigenvalue weighted by Crippen LogP contribution is 2.12. The van der Waals surface area contributed by atoms with Crippen molar-refractivity contribution in [2.24, 2.45) is 7.05 Å². The molecule has 1 aliphatic rings. The number of nitrogens with zero attached hydrogens (tertiary/aromatic N) is 5. The number of carboxylic acids is 3. The first kappa shape index (κ1) is 25.2. The number of carbonyl (C=O) groups excluding carboxylic acids is 1. The number of carboxylic acid groups (broad SMARTS) is 3. The Morgan fingerprint density at radius 3 is 2.31 bits per heavy atom. The third kappa shape index (κ3) is 8.56. The van der Waals surface area contributed by atoms with Crippen molar-refractivity contribution in [3.63, 3.8) is 0 Å². The quantitative estimate of drug-likeness (QED) is 0.216. The minimum absolute atomic E-state index is 0.0232. The van der Waals surface area contributed by atoms with Crippen LogP contribution >= 0.6 is 0 Å². The predicted molar refractivity (Wildman–Crippen MR) is 107 cm³/mol. The van der Waals surface area contributed by atoms with Crippen LogP contribution in [0.5, 0.6) is 0 Å². The zero-order valence-electron chi connectivity index (χ0n) is 17.9. The second-order valence-corrected chi connectivity index (χ2v) is 7.68. The number of aryl methyl sites for hydroxylation is 1. The lowest BCUT2D eigenvalue weighted by atomic mass is 10.1. The molecular weight excluding hydrogens is 426 g/mol.